The number of nitrogens with one attached hydrogen (secondary N) is 1. The van der Waals surface area contributed by atoms with E-state index in [2.05, 4.69) is 17.2 Å². The van der Waals surface area contributed by atoms with Crippen molar-refractivity contribution in [1.82, 2.24) is 9.78 Å². The number of hydrogen-bond acceptors (Lipinski definition) is 2. The van der Waals surface area contributed by atoms with Gasteiger partial charge in [-0.1, -0.05) is 54.6 Å². The first kappa shape index (κ1) is 18.3. The first-order valence-corrected chi connectivity index (χ1v) is 9.95. The summed E-state index contributed by atoms with van der Waals surface area (Å²) in [7, 11) is 0. The molecule has 0 spiro atoms. The van der Waals surface area contributed by atoms with Crippen LogP contribution in [0.1, 0.15) is 16.7 Å². The van der Waals surface area contributed by atoms with Crippen molar-refractivity contribution in [1.29, 1.82) is 0 Å². The van der Waals surface area contributed by atoms with Crippen LogP contribution in [0.15, 0.2) is 88.6 Å². The van der Waals surface area contributed by atoms with E-state index in [4.69, 9.17) is 4.99 Å². The van der Waals surface area contributed by atoms with Gasteiger partial charge in [-0.05, 0) is 48.2 Å². The van der Waals surface area contributed by atoms with Gasteiger partial charge in [0.1, 0.15) is 5.82 Å². The van der Waals surface area contributed by atoms with Crippen LogP contribution in [0.2, 0.25) is 0 Å². The fourth-order valence-corrected chi connectivity index (χ4v) is 3.99. The van der Waals surface area contributed by atoms with E-state index >= 15 is 0 Å². The second kappa shape index (κ2) is 7.59. The first-order valence-electron chi connectivity index (χ1n) is 9.95. The van der Waals surface area contributed by atoms with Gasteiger partial charge in [0.05, 0.1) is 23.0 Å². The molecule has 0 bridgehead atoms. The number of halogens is 1. The Morgan fingerprint density at radius 1 is 0.900 bits per heavy atom. The molecule has 4 aromatic rings. The van der Waals surface area contributed by atoms with Crippen LogP contribution < -0.4 is 5.56 Å². The summed E-state index contributed by atoms with van der Waals surface area (Å²) in [4.78, 5) is 18.0. The molecule has 0 fully saturated rings. The Bertz CT molecular complexity index is 1250. The van der Waals surface area contributed by atoms with Crippen molar-refractivity contribution in [2.24, 2.45) is 4.99 Å². The maximum Gasteiger partial charge on any atom is 0.280 e. The number of fused-ring (bicyclic) bond motifs is 1. The Balaban J connectivity index is 1.55. The SMILES string of the molecule is O=c1c(C=NC2Cc3ccccc3C2)c(-c2ccccc2)[nH]n1-c1ccc(F)cc1. The van der Waals surface area contributed by atoms with E-state index in [1.165, 1.54) is 27.9 Å². The van der Waals surface area contributed by atoms with Gasteiger partial charge in [0.15, 0.2) is 0 Å². The molecule has 1 aliphatic rings. The molecule has 0 amide bonds. The average Bonchev–Trinajstić information content (AvgIpc) is 3.34. The molecular formula is C25H20FN3O. The zero-order valence-electron chi connectivity index (χ0n) is 16.3. The lowest BCUT2D eigenvalue weighted by Crippen LogP contribution is -2.17. The molecule has 3 aromatic carbocycles. The van der Waals surface area contributed by atoms with Gasteiger partial charge in [0.25, 0.3) is 5.56 Å². The average molecular weight is 397 g/mol. The lowest BCUT2D eigenvalue weighted by Gasteiger charge is -2.02. The molecule has 0 aliphatic heterocycles. The maximum atomic E-state index is 13.3. The number of nitrogens with zero attached hydrogens (tertiary/aromatic N) is 2. The van der Waals surface area contributed by atoms with Crippen LogP contribution in [0.25, 0.3) is 16.9 Å². The number of benzene rings is 3. The van der Waals surface area contributed by atoms with Gasteiger partial charge in [0, 0.05) is 11.8 Å². The molecule has 5 heteroatoms. The maximum absolute atomic E-state index is 13.3. The summed E-state index contributed by atoms with van der Waals surface area (Å²) in [5, 5.41) is 3.19. The molecule has 1 N–H and O–H groups in total. The predicted octanol–water partition coefficient (Wildman–Crippen LogP) is 4.56. The quantitative estimate of drug-likeness (QED) is 0.505. The number of aliphatic imine (C=N–C) groups is 1. The molecule has 0 saturated heterocycles. The van der Waals surface area contributed by atoms with Crippen molar-refractivity contribution in [3.05, 3.63) is 112 Å². The molecule has 1 aromatic heterocycles. The number of hydrogen-bond donors (Lipinski definition) is 1. The van der Waals surface area contributed by atoms with Crippen molar-refractivity contribution in [3.8, 4) is 16.9 Å². The summed E-state index contributed by atoms with van der Waals surface area (Å²) >= 11 is 0. The van der Waals surface area contributed by atoms with Gasteiger partial charge >= 0.3 is 0 Å². The standard InChI is InChI=1S/C25H20FN3O/c26-20-10-12-22(13-11-20)29-25(30)23(24(28-29)17-6-2-1-3-7-17)16-27-21-14-18-8-4-5-9-19(18)15-21/h1-13,16,21,28H,14-15H2. The topological polar surface area (TPSA) is 50.1 Å². The zero-order valence-corrected chi connectivity index (χ0v) is 16.3. The molecule has 0 atom stereocenters. The highest BCUT2D eigenvalue weighted by Gasteiger charge is 2.21. The van der Waals surface area contributed by atoms with Crippen LogP contribution in [0, 0.1) is 5.82 Å². The monoisotopic (exact) mass is 397 g/mol. The minimum Gasteiger partial charge on any atom is -0.290 e. The van der Waals surface area contributed by atoms with Crippen LogP contribution in [0.3, 0.4) is 0 Å². The van der Waals surface area contributed by atoms with Crippen molar-refractivity contribution >= 4 is 6.21 Å². The summed E-state index contributed by atoms with van der Waals surface area (Å²) in [6, 6.07) is 24.0. The number of aromatic nitrogens is 2. The Labute approximate surface area is 173 Å². The normalized spacial score (nSPS) is 13.8. The van der Waals surface area contributed by atoms with Gasteiger partial charge in [0.2, 0.25) is 0 Å². The highest BCUT2D eigenvalue weighted by Crippen LogP contribution is 2.24. The summed E-state index contributed by atoms with van der Waals surface area (Å²) in [6.45, 7) is 0. The molecule has 1 heterocycles. The molecule has 30 heavy (non-hydrogen) atoms. The van der Waals surface area contributed by atoms with E-state index < -0.39 is 0 Å². The summed E-state index contributed by atoms with van der Waals surface area (Å²) < 4.78 is 14.8. The van der Waals surface area contributed by atoms with Gasteiger partial charge in [-0.2, -0.15) is 0 Å². The van der Waals surface area contributed by atoms with E-state index in [1.807, 2.05) is 42.5 Å². The second-order valence-electron chi connectivity index (χ2n) is 7.49. The van der Waals surface area contributed by atoms with Crippen LogP contribution in [0.5, 0.6) is 0 Å². The Morgan fingerprint density at radius 3 is 2.20 bits per heavy atom. The van der Waals surface area contributed by atoms with E-state index in [0.717, 1.165) is 18.4 Å². The molecule has 0 unspecified atom stereocenters. The molecule has 148 valence electrons. The zero-order chi connectivity index (χ0) is 20.5. The number of rotatable bonds is 4. The van der Waals surface area contributed by atoms with Gasteiger partial charge < -0.3 is 0 Å². The van der Waals surface area contributed by atoms with Crippen molar-refractivity contribution in [2.75, 3.05) is 0 Å². The molecule has 1 aliphatic carbocycles. The predicted molar refractivity (Wildman–Crippen MR) is 117 cm³/mol. The smallest absolute Gasteiger partial charge is 0.280 e. The Morgan fingerprint density at radius 2 is 1.53 bits per heavy atom. The molecule has 5 rings (SSSR count). The molecule has 4 nitrogen and oxygen atoms in total. The number of H-pyrrole nitrogens is 1. The largest absolute Gasteiger partial charge is 0.290 e. The minimum absolute atomic E-state index is 0.125. The van der Waals surface area contributed by atoms with Crippen LogP contribution >= 0.6 is 0 Å². The van der Waals surface area contributed by atoms with Crippen LogP contribution in [-0.2, 0) is 12.8 Å². The summed E-state index contributed by atoms with van der Waals surface area (Å²) in [5.74, 6) is -0.343. The van der Waals surface area contributed by atoms with E-state index in [0.29, 0.717) is 16.9 Å². The lowest BCUT2D eigenvalue weighted by molar-refractivity contribution is 0.627. The molecule has 0 radical (unpaired) electrons. The molecule has 0 saturated carbocycles. The highest BCUT2D eigenvalue weighted by atomic mass is 19.1. The highest BCUT2D eigenvalue weighted by molar-refractivity contribution is 5.88. The van der Waals surface area contributed by atoms with Crippen molar-refractivity contribution < 1.29 is 4.39 Å². The summed E-state index contributed by atoms with van der Waals surface area (Å²) in [6.07, 6.45) is 3.45. The van der Waals surface area contributed by atoms with E-state index in [1.54, 1.807) is 18.3 Å². The third-order valence-electron chi connectivity index (χ3n) is 5.52. The first-order chi connectivity index (χ1) is 14.7. The van der Waals surface area contributed by atoms with E-state index in [9.17, 15) is 9.18 Å². The lowest BCUT2D eigenvalue weighted by atomic mass is 10.1. The van der Waals surface area contributed by atoms with Crippen molar-refractivity contribution in [2.45, 2.75) is 18.9 Å². The van der Waals surface area contributed by atoms with Crippen LogP contribution in [0.4, 0.5) is 4.39 Å². The van der Waals surface area contributed by atoms with Gasteiger partial charge in [-0.15, -0.1) is 0 Å². The van der Waals surface area contributed by atoms with Gasteiger partial charge in [-0.3, -0.25) is 14.9 Å². The third kappa shape index (κ3) is 3.39. The molecular weight excluding hydrogens is 377 g/mol. The van der Waals surface area contributed by atoms with Crippen LogP contribution in [-0.4, -0.2) is 22.0 Å². The number of aromatic amines is 1. The Kier molecular flexibility index (Phi) is 4.64. The Hall–Kier alpha value is -3.73. The third-order valence-corrected chi connectivity index (χ3v) is 5.52. The van der Waals surface area contributed by atoms with E-state index in [-0.39, 0.29) is 17.4 Å². The van der Waals surface area contributed by atoms with Gasteiger partial charge in [-0.25, -0.2) is 9.07 Å². The second-order valence-corrected chi connectivity index (χ2v) is 7.49. The minimum atomic E-state index is -0.343. The fourth-order valence-electron chi connectivity index (χ4n) is 3.99. The van der Waals surface area contributed by atoms with Crippen molar-refractivity contribution in [3.63, 3.8) is 0 Å². The fraction of sp³-hybridized carbons (Fsp3) is 0.120. The summed E-state index contributed by atoms with van der Waals surface area (Å²) in [5.41, 5.74) is 5.10.